The molecule has 4 nitrogen and oxygen atoms in total. The van der Waals surface area contributed by atoms with Gasteiger partial charge in [-0.3, -0.25) is 0 Å². The number of nitrogens with two attached hydrogens (primary N) is 1. The maximum atomic E-state index is 11.4. The summed E-state index contributed by atoms with van der Waals surface area (Å²) in [5.41, 5.74) is 0.770. The summed E-state index contributed by atoms with van der Waals surface area (Å²) >= 11 is 0. The van der Waals surface area contributed by atoms with E-state index in [9.17, 15) is 8.42 Å². The van der Waals surface area contributed by atoms with Crippen molar-refractivity contribution in [3.8, 4) is 0 Å². The van der Waals surface area contributed by atoms with Crippen molar-refractivity contribution in [3.05, 3.63) is 29.8 Å². The Kier molecular flexibility index (Phi) is 5.11. The lowest BCUT2D eigenvalue weighted by atomic mass is 10.1. The molecule has 0 heterocycles. The fourth-order valence-electron chi connectivity index (χ4n) is 1.74. The predicted octanol–water partition coefficient (Wildman–Crippen LogP) is 1.26. The lowest BCUT2D eigenvalue weighted by Gasteiger charge is -2.15. The second-order valence-corrected chi connectivity index (χ2v) is 5.74. The van der Waals surface area contributed by atoms with Gasteiger partial charge in [-0.25, -0.2) is 13.6 Å². The summed E-state index contributed by atoms with van der Waals surface area (Å²) in [5, 5.41) is 8.51. The summed E-state index contributed by atoms with van der Waals surface area (Å²) in [5.74, 6) is 0. The highest BCUT2D eigenvalue weighted by atomic mass is 32.2. The summed E-state index contributed by atoms with van der Waals surface area (Å²) in [6.45, 7) is 5.06. The number of primary sulfonamides is 1. The van der Waals surface area contributed by atoms with Gasteiger partial charge < -0.3 is 5.32 Å². The number of nitrogens with one attached hydrogen (secondary N) is 1. The minimum Gasteiger partial charge on any atom is -0.314 e. The first-order valence-corrected chi connectivity index (χ1v) is 7.34. The zero-order chi connectivity index (χ0) is 12.9. The first kappa shape index (κ1) is 14.2. The Morgan fingerprint density at radius 3 is 2.59 bits per heavy atom. The molecule has 0 aliphatic rings. The molecule has 96 valence electrons. The smallest absolute Gasteiger partial charge is 0.238 e. The molecule has 0 fully saturated rings. The van der Waals surface area contributed by atoms with Crippen LogP contribution in [0, 0.1) is 0 Å². The van der Waals surface area contributed by atoms with E-state index >= 15 is 0 Å². The highest BCUT2D eigenvalue weighted by Crippen LogP contribution is 2.15. The van der Waals surface area contributed by atoms with Crippen molar-refractivity contribution in [1.29, 1.82) is 0 Å². The summed E-state index contributed by atoms with van der Waals surface area (Å²) in [6, 6.07) is 7.11. The monoisotopic (exact) mass is 256 g/mol. The van der Waals surface area contributed by atoms with Crippen LogP contribution in [-0.4, -0.2) is 21.0 Å². The molecule has 1 atom stereocenters. The molecule has 0 saturated heterocycles. The molecular formula is C12H20N2O2S. The minimum absolute atomic E-state index is 0.227. The largest absolute Gasteiger partial charge is 0.314 e. The van der Waals surface area contributed by atoms with E-state index in [1.165, 1.54) is 0 Å². The van der Waals surface area contributed by atoms with E-state index in [0.717, 1.165) is 18.5 Å². The molecular weight excluding hydrogens is 236 g/mol. The van der Waals surface area contributed by atoms with Crippen LogP contribution in [0.5, 0.6) is 0 Å². The van der Waals surface area contributed by atoms with Crippen LogP contribution in [0.3, 0.4) is 0 Å². The SMILES string of the molecule is CCCNC(C)Cc1ccccc1S(N)(=O)=O. The number of benzene rings is 1. The molecule has 3 N–H and O–H groups in total. The molecule has 0 aliphatic heterocycles. The van der Waals surface area contributed by atoms with Crippen molar-refractivity contribution in [1.82, 2.24) is 5.32 Å². The van der Waals surface area contributed by atoms with Gasteiger partial charge in [-0.2, -0.15) is 0 Å². The number of sulfonamides is 1. The van der Waals surface area contributed by atoms with Gasteiger partial charge in [0.25, 0.3) is 0 Å². The molecule has 0 bridgehead atoms. The average Bonchev–Trinajstić information content (AvgIpc) is 2.25. The quantitative estimate of drug-likeness (QED) is 0.805. The van der Waals surface area contributed by atoms with E-state index in [0.29, 0.717) is 6.42 Å². The normalized spacial score (nSPS) is 13.6. The van der Waals surface area contributed by atoms with Crippen LogP contribution in [0.25, 0.3) is 0 Å². The number of rotatable bonds is 6. The van der Waals surface area contributed by atoms with Gasteiger partial charge in [-0.05, 0) is 37.9 Å². The molecule has 1 aromatic carbocycles. The summed E-state index contributed by atoms with van der Waals surface area (Å²) in [6.07, 6.45) is 1.72. The van der Waals surface area contributed by atoms with Crippen molar-refractivity contribution < 1.29 is 8.42 Å². The summed E-state index contributed by atoms with van der Waals surface area (Å²) in [7, 11) is -3.63. The molecule has 0 amide bonds. The van der Waals surface area contributed by atoms with E-state index in [-0.39, 0.29) is 10.9 Å². The van der Waals surface area contributed by atoms with Gasteiger partial charge in [0.2, 0.25) is 10.0 Å². The molecule has 0 aromatic heterocycles. The topological polar surface area (TPSA) is 72.2 Å². The second-order valence-electron chi connectivity index (χ2n) is 4.21. The Hall–Kier alpha value is -0.910. The van der Waals surface area contributed by atoms with Crippen LogP contribution < -0.4 is 10.5 Å². The molecule has 0 saturated carbocycles. The molecule has 1 rings (SSSR count). The summed E-state index contributed by atoms with van der Waals surface area (Å²) < 4.78 is 22.8. The lowest BCUT2D eigenvalue weighted by Crippen LogP contribution is -2.29. The minimum atomic E-state index is -3.63. The van der Waals surface area contributed by atoms with E-state index in [1.807, 2.05) is 19.1 Å². The first-order valence-electron chi connectivity index (χ1n) is 5.79. The van der Waals surface area contributed by atoms with Crippen molar-refractivity contribution in [2.24, 2.45) is 5.14 Å². The van der Waals surface area contributed by atoms with Crippen LogP contribution >= 0.6 is 0 Å². The van der Waals surface area contributed by atoms with Gasteiger partial charge in [0.1, 0.15) is 0 Å². The van der Waals surface area contributed by atoms with Crippen molar-refractivity contribution in [2.45, 2.75) is 37.6 Å². The molecule has 1 aromatic rings. The standard InChI is InChI=1S/C12H20N2O2S/c1-3-8-14-10(2)9-11-6-4-5-7-12(11)17(13,15)16/h4-7,10,14H,3,8-9H2,1-2H3,(H2,13,15,16). The van der Waals surface area contributed by atoms with Gasteiger partial charge >= 0.3 is 0 Å². The van der Waals surface area contributed by atoms with Crippen LogP contribution in [0.15, 0.2) is 29.2 Å². The van der Waals surface area contributed by atoms with Crippen LogP contribution in [0.2, 0.25) is 0 Å². The Balaban J connectivity index is 2.84. The first-order chi connectivity index (χ1) is 7.95. The third-order valence-electron chi connectivity index (χ3n) is 2.55. The van der Waals surface area contributed by atoms with Crippen molar-refractivity contribution in [2.75, 3.05) is 6.54 Å². The zero-order valence-electron chi connectivity index (χ0n) is 10.3. The number of hydrogen-bond donors (Lipinski definition) is 2. The average molecular weight is 256 g/mol. The van der Waals surface area contributed by atoms with E-state index < -0.39 is 10.0 Å². The van der Waals surface area contributed by atoms with E-state index in [1.54, 1.807) is 12.1 Å². The highest BCUT2D eigenvalue weighted by Gasteiger charge is 2.14. The second kappa shape index (κ2) is 6.14. The molecule has 1 unspecified atom stereocenters. The Labute approximate surface area is 103 Å². The van der Waals surface area contributed by atoms with Crippen molar-refractivity contribution in [3.63, 3.8) is 0 Å². The third-order valence-corrected chi connectivity index (χ3v) is 3.56. The van der Waals surface area contributed by atoms with Gasteiger partial charge in [0.15, 0.2) is 0 Å². The Morgan fingerprint density at radius 2 is 2.00 bits per heavy atom. The number of hydrogen-bond acceptors (Lipinski definition) is 3. The fraction of sp³-hybridized carbons (Fsp3) is 0.500. The van der Waals surface area contributed by atoms with Crippen LogP contribution in [0.4, 0.5) is 0 Å². The van der Waals surface area contributed by atoms with Crippen LogP contribution in [0.1, 0.15) is 25.8 Å². The van der Waals surface area contributed by atoms with Crippen molar-refractivity contribution >= 4 is 10.0 Å². The summed E-state index contributed by atoms with van der Waals surface area (Å²) in [4.78, 5) is 0.227. The predicted molar refractivity (Wildman–Crippen MR) is 69.3 cm³/mol. The van der Waals surface area contributed by atoms with Gasteiger partial charge in [0, 0.05) is 6.04 Å². The molecule has 0 aliphatic carbocycles. The fourth-order valence-corrected chi connectivity index (χ4v) is 2.53. The van der Waals surface area contributed by atoms with Gasteiger partial charge in [-0.1, -0.05) is 25.1 Å². The maximum Gasteiger partial charge on any atom is 0.238 e. The Morgan fingerprint density at radius 1 is 1.35 bits per heavy atom. The lowest BCUT2D eigenvalue weighted by molar-refractivity contribution is 0.539. The molecule has 0 radical (unpaired) electrons. The van der Waals surface area contributed by atoms with Gasteiger partial charge in [-0.15, -0.1) is 0 Å². The third kappa shape index (κ3) is 4.46. The molecule has 5 heteroatoms. The highest BCUT2D eigenvalue weighted by molar-refractivity contribution is 7.89. The zero-order valence-corrected chi connectivity index (χ0v) is 11.1. The van der Waals surface area contributed by atoms with E-state index in [2.05, 4.69) is 12.2 Å². The maximum absolute atomic E-state index is 11.4. The van der Waals surface area contributed by atoms with Crippen LogP contribution in [-0.2, 0) is 16.4 Å². The molecule has 0 spiro atoms. The van der Waals surface area contributed by atoms with E-state index in [4.69, 9.17) is 5.14 Å². The molecule has 17 heavy (non-hydrogen) atoms. The Bertz CT molecular complexity index is 457. The van der Waals surface area contributed by atoms with Gasteiger partial charge in [0.05, 0.1) is 4.90 Å².